The molecule has 32 heavy (non-hydrogen) atoms. The standard InChI is InChI=1S/C23H39N5O2S.HI/c1-5-24-23(27-20-11-8-12-21(16-20)31(30)6-2)26-17-18-9-7-10-19(15-18)22(29)25-13-14-28(3)4;/h7,9-10,15,20-21H,5-6,8,11-14,16-17H2,1-4H3,(H,25,29)(H2,24,26,27);1H. The van der Waals surface area contributed by atoms with Gasteiger partial charge in [0.15, 0.2) is 5.96 Å². The van der Waals surface area contributed by atoms with Crippen LogP contribution in [0.3, 0.4) is 0 Å². The van der Waals surface area contributed by atoms with Gasteiger partial charge >= 0.3 is 0 Å². The normalized spacial score (nSPS) is 19.7. The molecule has 0 bridgehead atoms. The van der Waals surface area contributed by atoms with Crippen LogP contribution < -0.4 is 16.0 Å². The molecule has 1 aromatic rings. The number of halogens is 1. The van der Waals surface area contributed by atoms with Gasteiger partial charge in [-0.25, -0.2) is 4.99 Å². The fourth-order valence-corrected chi connectivity index (χ4v) is 5.09. The Morgan fingerprint density at radius 1 is 1.22 bits per heavy atom. The van der Waals surface area contributed by atoms with Crippen LogP contribution in [0.4, 0.5) is 0 Å². The van der Waals surface area contributed by atoms with Crippen molar-refractivity contribution in [2.75, 3.05) is 39.5 Å². The number of benzene rings is 1. The number of aliphatic imine (C=N–C) groups is 1. The van der Waals surface area contributed by atoms with Gasteiger partial charge in [-0.3, -0.25) is 9.00 Å². The summed E-state index contributed by atoms with van der Waals surface area (Å²) in [5.74, 6) is 1.44. The number of nitrogens with zero attached hydrogens (tertiary/aromatic N) is 2. The average Bonchev–Trinajstić information content (AvgIpc) is 2.77. The molecule has 1 amide bonds. The predicted molar refractivity (Wildman–Crippen MR) is 145 cm³/mol. The van der Waals surface area contributed by atoms with Crippen molar-refractivity contribution in [3.8, 4) is 0 Å². The summed E-state index contributed by atoms with van der Waals surface area (Å²) < 4.78 is 12.2. The van der Waals surface area contributed by atoms with E-state index < -0.39 is 10.8 Å². The van der Waals surface area contributed by atoms with Crippen LogP contribution in [0.1, 0.15) is 55.5 Å². The van der Waals surface area contributed by atoms with E-state index in [1.165, 1.54) is 0 Å². The Hall–Kier alpha value is -1.20. The number of nitrogens with one attached hydrogen (secondary N) is 3. The summed E-state index contributed by atoms with van der Waals surface area (Å²) in [6.45, 7) is 6.73. The SMILES string of the molecule is CCNC(=NCc1cccc(C(=O)NCCN(C)C)c1)NC1CCCC(S(=O)CC)C1.I. The fraction of sp³-hybridized carbons (Fsp3) is 0.652. The Morgan fingerprint density at radius 3 is 2.69 bits per heavy atom. The van der Waals surface area contributed by atoms with Gasteiger partial charge < -0.3 is 20.9 Å². The van der Waals surface area contributed by atoms with Crippen molar-refractivity contribution < 1.29 is 9.00 Å². The smallest absolute Gasteiger partial charge is 0.251 e. The molecule has 1 aromatic carbocycles. The Bertz CT molecular complexity index is 760. The Labute approximate surface area is 213 Å². The molecule has 182 valence electrons. The van der Waals surface area contributed by atoms with E-state index in [-0.39, 0.29) is 35.1 Å². The summed E-state index contributed by atoms with van der Waals surface area (Å²) in [5.41, 5.74) is 1.65. The highest BCUT2D eigenvalue weighted by Crippen LogP contribution is 2.23. The van der Waals surface area contributed by atoms with E-state index in [1.807, 2.05) is 57.1 Å². The molecule has 7 nitrogen and oxygen atoms in total. The predicted octanol–water partition coefficient (Wildman–Crippen LogP) is 2.73. The van der Waals surface area contributed by atoms with E-state index in [1.54, 1.807) is 0 Å². The lowest BCUT2D eigenvalue weighted by atomic mass is 9.95. The van der Waals surface area contributed by atoms with Gasteiger partial charge in [-0.15, -0.1) is 24.0 Å². The first kappa shape index (κ1) is 28.8. The molecular formula is C23H40IN5O2S. The minimum absolute atomic E-state index is 0. The Balaban J connectivity index is 0.00000512. The van der Waals surface area contributed by atoms with Gasteiger partial charge in [0.25, 0.3) is 5.91 Å². The third-order valence-corrected chi connectivity index (χ3v) is 7.16. The van der Waals surface area contributed by atoms with E-state index in [0.717, 1.165) is 56.0 Å². The maximum absolute atomic E-state index is 12.4. The number of carbonyl (C=O) groups excluding carboxylic acids is 1. The summed E-state index contributed by atoms with van der Waals surface area (Å²) >= 11 is 0. The van der Waals surface area contributed by atoms with Crippen molar-refractivity contribution in [2.45, 2.75) is 57.4 Å². The second-order valence-electron chi connectivity index (χ2n) is 8.25. The summed E-state index contributed by atoms with van der Waals surface area (Å²) in [6, 6.07) is 7.92. The third-order valence-electron chi connectivity index (χ3n) is 5.42. The van der Waals surface area contributed by atoms with Crippen LogP contribution in [-0.4, -0.2) is 71.7 Å². The van der Waals surface area contributed by atoms with Crippen LogP contribution in [0.2, 0.25) is 0 Å². The molecule has 1 fully saturated rings. The minimum Gasteiger partial charge on any atom is -0.357 e. The first-order chi connectivity index (χ1) is 14.9. The molecule has 9 heteroatoms. The molecule has 1 saturated carbocycles. The van der Waals surface area contributed by atoms with Gasteiger partial charge in [0.2, 0.25) is 0 Å². The first-order valence-electron chi connectivity index (χ1n) is 11.4. The van der Waals surface area contributed by atoms with Crippen molar-refractivity contribution >= 4 is 46.6 Å². The van der Waals surface area contributed by atoms with Crippen molar-refractivity contribution in [3.63, 3.8) is 0 Å². The van der Waals surface area contributed by atoms with Gasteiger partial charge in [-0.1, -0.05) is 25.5 Å². The van der Waals surface area contributed by atoms with Crippen LogP contribution in [0, 0.1) is 0 Å². The lowest BCUT2D eigenvalue weighted by molar-refractivity contribution is 0.0951. The summed E-state index contributed by atoms with van der Waals surface area (Å²) in [4.78, 5) is 19.1. The molecule has 0 saturated heterocycles. The molecule has 0 spiro atoms. The highest BCUT2D eigenvalue weighted by Gasteiger charge is 2.26. The highest BCUT2D eigenvalue weighted by atomic mass is 127. The third kappa shape index (κ3) is 10.2. The van der Waals surface area contributed by atoms with Gasteiger partial charge in [0.05, 0.1) is 6.54 Å². The highest BCUT2D eigenvalue weighted by molar-refractivity contribution is 14.0. The second-order valence-corrected chi connectivity index (χ2v) is 10.3. The summed E-state index contributed by atoms with van der Waals surface area (Å²) in [6.07, 6.45) is 4.14. The van der Waals surface area contributed by atoms with Crippen LogP contribution in [0.15, 0.2) is 29.3 Å². The topological polar surface area (TPSA) is 85.8 Å². The van der Waals surface area contributed by atoms with Gasteiger partial charge in [0, 0.05) is 53.0 Å². The quantitative estimate of drug-likeness (QED) is 0.226. The number of amides is 1. The molecule has 1 aliphatic rings. The monoisotopic (exact) mass is 577 g/mol. The van der Waals surface area contributed by atoms with Crippen molar-refractivity contribution in [1.82, 2.24) is 20.9 Å². The lowest BCUT2D eigenvalue weighted by Gasteiger charge is -2.30. The maximum atomic E-state index is 12.4. The van der Waals surface area contributed by atoms with E-state index >= 15 is 0 Å². The number of hydrogen-bond acceptors (Lipinski definition) is 4. The van der Waals surface area contributed by atoms with E-state index in [2.05, 4.69) is 16.0 Å². The fourth-order valence-electron chi connectivity index (χ4n) is 3.74. The van der Waals surface area contributed by atoms with Gasteiger partial charge in [-0.05, 0) is 58.0 Å². The van der Waals surface area contributed by atoms with Crippen LogP contribution in [0.5, 0.6) is 0 Å². The number of rotatable bonds is 10. The van der Waals surface area contributed by atoms with Crippen LogP contribution >= 0.6 is 24.0 Å². The maximum Gasteiger partial charge on any atom is 0.251 e. The molecule has 2 rings (SSSR count). The van der Waals surface area contributed by atoms with Crippen molar-refractivity contribution in [1.29, 1.82) is 0 Å². The minimum atomic E-state index is -0.740. The molecule has 3 N–H and O–H groups in total. The number of likely N-dealkylation sites (N-methyl/N-ethyl adjacent to an activating group) is 1. The van der Waals surface area contributed by atoms with Crippen molar-refractivity contribution in [3.05, 3.63) is 35.4 Å². The van der Waals surface area contributed by atoms with E-state index in [0.29, 0.717) is 24.7 Å². The number of hydrogen-bond donors (Lipinski definition) is 3. The first-order valence-corrected chi connectivity index (χ1v) is 12.7. The molecule has 1 aliphatic carbocycles. The van der Waals surface area contributed by atoms with Crippen LogP contribution in [-0.2, 0) is 17.3 Å². The number of guanidine groups is 1. The molecule has 0 aliphatic heterocycles. The zero-order valence-corrected chi connectivity index (χ0v) is 23.0. The Morgan fingerprint density at radius 2 is 2.00 bits per heavy atom. The zero-order chi connectivity index (χ0) is 22.6. The summed E-state index contributed by atoms with van der Waals surface area (Å²) in [7, 11) is 3.23. The zero-order valence-electron chi connectivity index (χ0n) is 19.9. The van der Waals surface area contributed by atoms with E-state index in [9.17, 15) is 9.00 Å². The largest absolute Gasteiger partial charge is 0.357 e. The molecule has 0 heterocycles. The van der Waals surface area contributed by atoms with Crippen molar-refractivity contribution in [2.24, 2.45) is 4.99 Å². The molecule has 3 atom stereocenters. The Kier molecular flexibility index (Phi) is 14.1. The second kappa shape index (κ2) is 15.6. The average molecular weight is 578 g/mol. The van der Waals surface area contributed by atoms with Gasteiger partial charge in [-0.2, -0.15) is 0 Å². The molecule has 0 radical (unpaired) electrons. The van der Waals surface area contributed by atoms with Gasteiger partial charge in [0.1, 0.15) is 0 Å². The number of carbonyl (C=O) groups is 1. The summed E-state index contributed by atoms with van der Waals surface area (Å²) in [5, 5.41) is 10.1. The molecule has 0 aromatic heterocycles. The van der Waals surface area contributed by atoms with E-state index in [4.69, 9.17) is 4.99 Å². The molecule has 3 unspecified atom stereocenters. The van der Waals surface area contributed by atoms with Crippen LogP contribution in [0.25, 0.3) is 0 Å². The lowest BCUT2D eigenvalue weighted by Crippen LogP contribution is -2.46. The molecular weight excluding hydrogens is 537 g/mol.